The summed E-state index contributed by atoms with van der Waals surface area (Å²) < 4.78 is 1.56. The highest BCUT2D eigenvalue weighted by Crippen LogP contribution is 2.42. The molecule has 0 radical (unpaired) electrons. The van der Waals surface area contributed by atoms with E-state index in [0.29, 0.717) is 38.4 Å². The zero-order chi connectivity index (χ0) is 17.9. The van der Waals surface area contributed by atoms with Gasteiger partial charge in [-0.2, -0.15) is 5.10 Å². The number of carboxylic acids is 1. The highest BCUT2D eigenvalue weighted by Gasteiger charge is 2.32. The van der Waals surface area contributed by atoms with Gasteiger partial charge in [0.15, 0.2) is 5.69 Å². The summed E-state index contributed by atoms with van der Waals surface area (Å²) in [7, 11) is 0. The predicted molar refractivity (Wildman–Crippen MR) is 98.5 cm³/mol. The molecule has 0 saturated carbocycles. The molecule has 1 heterocycles. The van der Waals surface area contributed by atoms with E-state index in [1.165, 1.54) is 0 Å². The van der Waals surface area contributed by atoms with Crippen molar-refractivity contribution < 1.29 is 9.90 Å². The molecule has 1 aliphatic carbocycles. The Kier molecular flexibility index (Phi) is 3.80. The number of aromatic carboxylic acids is 1. The first-order chi connectivity index (χ1) is 11.9. The quantitative estimate of drug-likeness (QED) is 0.495. The SMILES string of the molecule is Cc1cc2c(cc1Cl)-c1c(c(C(=O)O)nn1-c1ccc(Cl)cc1Cl)C2. The number of benzene rings is 2. The van der Waals surface area contributed by atoms with Gasteiger partial charge in [-0.05, 0) is 42.3 Å². The van der Waals surface area contributed by atoms with E-state index in [9.17, 15) is 9.90 Å². The molecule has 0 atom stereocenters. The monoisotopic (exact) mass is 392 g/mol. The zero-order valence-corrected chi connectivity index (χ0v) is 15.2. The van der Waals surface area contributed by atoms with Crippen molar-refractivity contribution in [3.63, 3.8) is 0 Å². The summed E-state index contributed by atoms with van der Waals surface area (Å²) in [4.78, 5) is 11.7. The summed E-state index contributed by atoms with van der Waals surface area (Å²) in [5.74, 6) is -1.07. The van der Waals surface area contributed by atoms with Crippen molar-refractivity contribution in [3.05, 3.63) is 67.8 Å². The number of fused-ring (bicyclic) bond motifs is 3. The Morgan fingerprint density at radius 1 is 1.16 bits per heavy atom. The summed E-state index contributed by atoms with van der Waals surface area (Å²) in [5.41, 5.74) is 4.80. The Hall–Kier alpha value is -2.01. The molecule has 126 valence electrons. The summed E-state index contributed by atoms with van der Waals surface area (Å²) >= 11 is 18.6. The lowest BCUT2D eigenvalue weighted by molar-refractivity contribution is 0.0689. The molecule has 0 amide bonds. The van der Waals surface area contributed by atoms with Gasteiger partial charge in [0, 0.05) is 27.6 Å². The molecule has 4 nitrogen and oxygen atoms in total. The van der Waals surface area contributed by atoms with Crippen LogP contribution in [0.15, 0.2) is 30.3 Å². The minimum absolute atomic E-state index is 0.0194. The zero-order valence-electron chi connectivity index (χ0n) is 13.0. The molecule has 1 aliphatic rings. The molecular weight excluding hydrogens is 383 g/mol. The van der Waals surface area contributed by atoms with E-state index in [4.69, 9.17) is 34.8 Å². The van der Waals surface area contributed by atoms with Crippen molar-refractivity contribution in [2.75, 3.05) is 0 Å². The fraction of sp³-hybridized carbons (Fsp3) is 0.111. The number of carboxylic acid groups (broad SMARTS) is 1. The van der Waals surface area contributed by atoms with Crippen LogP contribution < -0.4 is 0 Å². The molecule has 0 aliphatic heterocycles. The Labute approximate surface area is 158 Å². The lowest BCUT2D eigenvalue weighted by Crippen LogP contribution is -2.04. The van der Waals surface area contributed by atoms with Gasteiger partial charge in [-0.25, -0.2) is 9.48 Å². The van der Waals surface area contributed by atoms with Gasteiger partial charge < -0.3 is 5.11 Å². The van der Waals surface area contributed by atoms with Crippen LogP contribution in [0, 0.1) is 6.92 Å². The Bertz CT molecular complexity index is 1060. The third-order valence-electron chi connectivity index (χ3n) is 4.33. The van der Waals surface area contributed by atoms with Gasteiger partial charge in [-0.15, -0.1) is 0 Å². The number of halogens is 3. The van der Waals surface area contributed by atoms with Crippen LogP contribution in [0.3, 0.4) is 0 Å². The maximum absolute atomic E-state index is 11.7. The van der Waals surface area contributed by atoms with E-state index >= 15 is 0 Å². The van der Waals surface area contributed by atoms with Crippen molar-refractivity contribution >= 4 is 40.8 Å². The number of aryl methyl sites for hydroxylation is 1. The number of hydrogen-bond donors (Lipinski definition) is 1. The lowest BCUT2D eigenvalue weighted by atomic mass is 10.1. The number of rotatable bonds is 2. The second-order valence-corrected chi connectivity index (χ2v) is 7.17. The van der Waals surface area contributed by atoms with Crippen LogP contribution in [0.25, 0.3) is 16.9 Å². The fourth-order valence-electron chi connectivity index (χ4n) is 3.19. The summed E-state index contributed by atoms with van der Waals surface area (Å²) in [5, 5.41) is 15.4. The molecular formula is C18H11Cl3N2O2. The minimum atomic E-state index is -1.07. The van der Waals surface area contributed by atoms with Crippen LogP contribution >= 0.6 is 34.8 Å². The molecule has 0 fully saturated rings. The maximum Gasteiger partial charge on any atom is 0.356 e. The normalized spacial score (nSPS) is 12.2. The largest absolute Gasteiger partial charge is 0.476 e. The highest BCUT2D eigenvalue weighted by atomic mass is 35.5. The first kappa shape index (κ1) is 16.5. The topological polar surface area (TPSA) is 55.1 Å². The molecule has 1 N–H and O–H groups in total. The smallest absolute Gasteiger partial charge is 0.356 e. The van der Waals surface area contributed by atoms with Gasteiger partial charge in [0.2, 0.25) is 0 Å². The highest BCUT2D eigenvalue weighted by molar-refractivity contribution is 6.35. The summed E-state index contributed by atoms with van der Waals surface area (Å²) in [6, 6.07) is 8.85. The first-order valence-corrected chi connectivity index (χ1v) is 8.60. The number of carbonyl (C=O) groups is 1. The van der Waals surface area contributed by atoms with Crippen LogP contribution in [0.1, 0.15) is 27.2 Å². The molecule has 0 spiro atoms. The van der Waals surface area contributed by atoms with E-state index in [0.717, 1.165) is 16.7 Å². The Balaban J connectivity index is 2.03. The number of aromatic nitrogens is 2. The van der Waals surface area contributed by atoms with Gasteiger partial charge in [-0.1, -0.05) is 40.9 Å². The van der Waals surface area contributed by atoms with Crippen molar-refractivity contribution in [2.24, 2.45) is 0 Å². The van der Waals surface area contributed by atoms with Gasteiger partial charge >= 0.3 is 5.97 Å². The summed E-state index contributed by atoms with van der Waals surface area (Å²) in [6.45, 7) is 1.92. The fourth-order valence-corrected chi connectivity index (χ4v) is 3.84. The molecule has 7 heteroatoms. The average Bonchev–Trinajstić information content (AvgIpc) is 3.05. The molecule has 0 saturated heterocycles. The van der Waals surface area contributed by atoms with E-state index in [2.05, 4.69) is 5.10 Å². The Morgan fingerprint density at radius 3 is 2.60 bits per heavy atom. The van der Waals surface area contributed by atoms with Crippen LogP contribution in [0.5, 0.6) is 0 Å². The third-order valence-corrected chi connectivity index (χ3v) is 5.28. The minimum Gasteiger partial charge on any atom is -0.476 e. The molecule has 0 bridgehead atoms. The number of nitrogens with zero attached hydrogens (tertiary/aromatic N) is 2. The van der Waals surface area contributed by atoms with Crippen molar-refractivity contribution in [2.45, 2.75) is 13.3 Å². The van der Waals surface area contributed by atoms with Crippen LogP contribution in [0.4, 0.5) is 0 Å². The molecule has 2 aromatic carbocycles. The standard InChI is InChI=1S/C18H11Cl3N2O2/c1-8-4-9-5-12-16(18(24)25)22-23(17(12)11(9)7-13(8)20)15-3-2-10(19)6-14(15)21/h2-4,6-7H,5H2,1H3,(H,24,25). The number of hydrogen-bond acceptors (Lipinski definition) is 2. The van der Waals surface area contributed by atoms with Gasteiger partial charge in [0.25, 0.3) is 0 Å². The van der Waals surface area contributed by atoms with Crippen LogP contribution in [-0.4, -0.2) is 20.9 Å². The van der Waals surface area contributed by atoms with E-state index in [1.54, 1.807) is 22.9 Å². The molecule has 3 aromatic rings. The molecule has 1 aromatic heterocycles. The van der Waals surface area contributed by atoms with Gasteiger partial charge in [0.05, 0.1) is 16.4 Å². The third kappa shape index (κ3) is 2.53. The van der Waals surface area contributed by atoms with E-state index in [-0.39, 0.29) is 5.69 Å². The van der Waals surface area contributed by atoms with Crippen molar-refractivity contribution in [3.8, 4) is 16.9 Å². The average molecular weight is 394 g/mol. The summed E-state index contributed by atoms with van der Waals surface area (Å²) in [6.07, 6.45) is 0.496. The first-order valence-electron chi connectivity index (χ1n) is 7.47. The van der Waals surface area contributed by atoms with E-state index < -0.39 is 5.97 Å². The van der Waals surface area contributed by atoms with Crippen LogP contribution in [-0.2, 0) is 6.42 Å². The lowest BCUT2D eigenvalue weighted by Gasteiger charge is -2.11. The molecule has 4 rings (SSSR count). The Morgan fingerprint density at radius 2 is 1.92 bits per heavy atom. The second kappa shape index (κ2) is 5.77. The van der Waals surface area contributed by atoms with E-state index in [1.807, 2.05) is 19.1 Å². The molecule has 0 unspecified atom stereocenters. The van der Waals surface area contributed by atoms with Crippen molar-refractivity contribution in [1.82, 2.24) is 9.78 Å². The van der Waals surface area contributed by atoms with Gasteiger partial charge in [-0.3, -0.25) is 0 Å². The van der Waals surface area contributed by atoms with Gasteiger partial charge in [0.1, 0.15) is 0 Å². The molecule has 25 heavy (non-hydrogen) atoms. The van der Waals surface area contributed by atoms with Crippen molar-refractivity contribution in [1.29, 1.82) is 0 Å². The van der Waals surface area contributed by atoms with Crippen LogP contribution in [0.2, 0.25) is 15.1 Å². The predicted octanol–water partition coefficient (Wildman–Crippen LogP) is 5.41. The second-order valence-electron chi connectivity index (χ2n) is 5.92. The maximum atomic E-state index is 11.7.